The zero-order chi connectivity index (χ0) is 15.6. The first-order valence-electron chi connectivity index (χ1n) is 6.00. The molecule has 0 fully saturated rings. The van der Waals surface area contributed by atoms with E-state index in [1.807, 2.05) is 0 Å². The summed E-state index contributed by atoms with van der Waals surface area (Å²) in [7, 11) is -0.604. The Balaban J connectivity index is 2.30. The maximum Gasteiger partial charge on any atom is 0.263 e. The zero-order valence-corrected chi connectivity index (χ0v) is 13.1. The number of aryl methyl sites for hydroxylation is 1. The molecule has 0 saturated carbocycles. The van der Waals surface area contributed by atoms with Crippen LogP contribution in [0.3, 0.4) is 0 Å². The average molecular weight is 331 g/mol. The number of rotatable bonds is 5. The van der Waals surface area contributed by atoms with Gasteiger partial charge in [-0.15, -0.1) is 0 Å². The Hall–Kier alpha value is -1.70. The number of anilines is 1. The van der Waals surface area contributed by atoms with Gasteiger partial charge in [0.05, 0.1) is 24.4 Å². The van der Waals surface area contributed by atoms with Gasteiger partial charge in [-0.2, -0.15) is 0 Å². The number of halogens is 1. The highest BCUT2D eigenvalue weighted by atomic mass is 35.5. The number of aromatic nitrogens is 1. The monoisotopic (exact) mass is 330 g/mol. The Morgan fingerprint density at radius 3 is 2.62 bits per heavy atom. The fourth-order valence-electron chi connectivity index (χ4n) is 1.83. The van der Waals surface area contributed by atoms with E-state index in [1.165, 1.54) is 25.4 Å². The van der Waals surface area contributed by atoms with E-state index in [-0.39, 0.29) is 11.5 Å². The summed E-state index contributed by atoms with van der Waals surface area (Å²) in [5, 5.41) is 9.42. The number of hydrogen-bond acceptors (Lipinski definition) is 4. The predicted molar refractivity (Wildman–Crippen MR) is 80.1 cm³/mol. The number of ether oxygens (including phenoxy) is 1. The lowest BCUT2D eigenvalue weighted by Crippen LogP contribution is -2.12. The Morgan fingerprint density at radius 2 is 2.10 bits per heavy atom. The van der Waals surface area contributed by atoms with Crippen molar-refractivity contribution in [1.82, 2.24) is 4.57 Å². The first-order chi connectivity index (χ1) is 9.87. The van der Waals surface area contributed by atoms with Gasteiger partial charge in [-0.05, 0) is 24.3 Å². The second-order valence-electron chi connectivity index (χ2n) is 4.39. The zero-order valence-electron chi connectivity index (χ0n) is 11.5. The first kappa shape index (κ1) is 15.7. The number of nitrogens with zero attached hydrogens (tertiary/aromatic N) is 1. The molecule has 2 rings (SSSR count). The minimum Gasteiger partial charge on any atom is -0.495 e. The Kier molecular flexibility index (Phi) is 4.46. The van der Waals surface area contributed by atoms with Crippen molar-refractivity contribution in [1.29, 1.82) is 0 Å². The van der Waals surface area contributed by atoms with Crippen LogP contribution in [0.5, 0.6) is 5.75 Å². The van der Waals surface area contributed by atoms with Gasteiger partial charge in [0, 0.05) is 18.9 Å². The Morgan fingerprint density at radius 1 is 1.38 bits per heavy atom. The van der Waals surface area contributed by atoms with Crippen LogP contribution in [0, 0.1) is 0 Å². The van der Waals surface area contributed by atoms with E-state index in [1.54, 1.807) is 23.7 Å². The van der Waals surface area contributed by atoms with Crippen molar-refractivity contribution in [2.24, 2.45) is 7.05 Å². The normalized spacial score (nSPS) is 11.4. The molecule has 114 valence electrons. The molecule has 0 atom stereocenters. The molecule has 2 aromatic rings. The third-order valence-electron chi connectivity index (χ3n) is 2.96. The van der Waals surface area contributed by atoms with E-state index >= 15 is 0 Å². The summed E-state index contributed by atoms with van der Waals surface area (Å²) in [6.45, 7) is -0.236. The molecule has 0 radical (unpaired) electrons. The minimum absolute atomic E-state index is 0.0704. The molecule has 0 aliphatic carbocycles. The molecule has 1 heterocycles. The number of benzene rings is 1. The lowest BCUT2D eigenvalue weighted by atomic mass is 10.3. The lowest BCUT2D eigenvalue weighted by Gasteiger charge is -2.08. The Labute approximate surface area is 128 Å². The molecule has 2 N–H and O–H groups in total. The maximum absolute atomic E-state index is 12.3. The van der Waals surface area contributed by atoms with Crippen molar-refractivity contribution >= 4 is 27.3 Å². The molecule has 1 aromatic carbocycles. The fourth-order valence-corrected chi connectivity index (χ4v) is 3.23. The van der Waals surface area contributed by atoms with E-state index in [9.17, 15) is 8.42 Å². The van der Waals surface area contributed by atoms with Crippen LogP contribution in [0.2, 0.25) is 5.02 Å². The van der Waals surface area contributed by atoms with Crippen LogP contribution in [-0.4, -0.2) is 25.2 Å². The second-order valence-corrected chi connectivity index (χ2v) is 6.48. The summed E-state index contributed by atoms with van der Waals surface area (Å²) in [6.07, 6.45) is 1.43. The summed E-state index contributed by atoms with van der Waals surface area (Å²) in [4.78, 5) is 0.0704. The van der Waals surface area contributed by atoms with Gasteiger partial charge in [-0.3, -0.25) is 4.72 Å². The molecule has 0 spiro atoms. The summed E-state index contributed by atoms with van der Waals surface area (Å²) < 4.78 is 33.5. The van der Waals surface area contributed by atoms with Crippen molar-refractivity contribution in [3.63, 3.8) is 0 Å². The topological polar surface area (TPSA) is 80.6 Å². The molecule has 6 nitrogen and oxygen atoms in total. The van der Waals surface area contributed by atoms with Crippen molar-refractivity contribution in [3.05, 3.63) is 41.2 Å². The SMILES string of the molecule is COc1ccc(NS(=O)(=O)c2cc(CO)n(C)c2)cc1Cl. The summed E-state index contributed by atoms with van der Waals surface area (Å²) in [6, 6.07) is 6.00. The first-order valence-corrected chi connectivity index (χ1v) is 7.86. The number of aliphatic hydroxyl groups is 1. The molecule has 1 aromatic heterocycles. The van der Waals surface area contributed by atoms with Crippen molar-refractivity contribution in [2.45, 2.75) is 11.5 Å². The van der Waals surface area contributed by atoms with E-state index in [0.29, 0.717) is 22.2 Å². The standard InChI is InChI=1S/C13H15ClN2O4S/c1-16-7-11(6-10(16)8-17)21(18,19)15-9-3-4-13(20-2)12(14)5-9/h3-7,15,17H,8H2,1-2H3. The predicted octanol–water partition coefficient (Wildman–Crippen LogP) is 1.98. The summed E-state index contributed by atoms with van der Waals surface area (Å²) in [5.74, 6) is 0.460. The number of aliphatic hydroxyl groups excluding tert-OH is 1. The van der Waals surface area contributed by atoms with Gasteiger partial charge in [0.1, 0.15) is 10.6 Å². The maximum atomic E-state index is 12.3. The summed E-state index contributed by atoms with van der Waals surface area (Å²) in [5.41, 5.74) is 0.832. The van der Waals surface area contributed by atoms with Gasteiger partial charge in [0.25, 0.3) is 10.0 Å². The van der Waals surface area contributed by atoms with E-state index in [2.05, 4.69) is 4.72 Å². The van der Waals surface area contributed by atoms with Crippen LogP contribution in [0.4, 0.5) is 5.69 Å². The second kappa shape index (κ2) is 5.97. The molecule has 0 aliphatic rings. The van der Waals surface area contributed by atoms with Gasteiger partial charge in [0.15, 0.2) is 0 Å². The smallest absolute Gasteiger partial charge is 0.263 e. The fraction of sp³-hybridized carbons (Fsp3) is 0.231. The molecule has 8 heteroatoms. The van der Waals surface area contributed by atoms with Gasteiger partial charge in [-0.25, -0.2) is 8.42 Å². The molecular formula is C13H15ClN2O4S. The van der Waals surface area contributed by atoms with Crippen LogP contribution in [-0.2, 0) is 23.7 Å². The van der Waals surface area contributed by atoms with E-state index in [4.69, 9.17) is 21.4 Å². The van der Waals surface area contributed by atoms with Gasteiger partial charge >= 0.3 is 0 Å². The molecule has 0 aliphatic heterocycles. The van der Waals surface area contributed by atoms with Gasteiger partial charge < -0.3 is 14.4 Å². The van der Waals surface area contributed by atoms with Crippen LogP contribution < -0.4 is 9.46 Å². The molecule has 0 saturated heterocycles. The Bertz CT molecular complexity index is 756. The average Bonchev–Trinajstić information content (AvgIpc) is 2.80. The third kappa shape index (κ3) is 3.31. The number of nitrogens with one attached hydrogen (secondary N) is 1. The highest BCUT2D eigenvalue weighted by Crippen LogP contribution is 2.28. The van der Waals surface area contributed by atoms with Crippen molar-refractivity contribution in [2.75, 3.05) is 11.8 Å². The van der Waals surface area contributed by atoms with Crippen LogP contribution >= 0.6 is 11.6 Å². The molecule has 0 amide bonds. The van der Waals surface area contributed by atoms with Crippen molar-refractivity contribution < 1.29 is 18.3 Å². The van der Waals surface area contributed by atoms with E-state index in [0.717, 1.165) is 0 Å². The third-order valence-corrected chi connectivity index (χ3v) is 4.60. The van der Waals surface area contributed by atoms with Crippen molar-refractivity contribution in [3.8, 4) is 5.75 Å². The lowest BCUT2D eigenvalue weighted by molar-refractivity contribution is 0.272. The van der Waals surface area contributed by atoms with E-state index < -0.39 is 10.0 Å². The number of hydrogen-bond donors (Lipinski definition) is 2. The number of methoxy groups -OCH3 is 1. The highest BCUT2D eigenvalue weighted by Gasteiger charge is 2.18. The largest absolute Gasteiger partial charge is 0.495 e. The van der Waals surface area contributed by atoms with Crippen LogP contribution in [0.15, 0.2) is 35.4 Å². The molecule has 21 heavy (non-hydrogen) atoms. The van der Waals surface area contributed by atoms with Gasteiger partial charge in [0.2, 0.25) is 0 Å². The van der Waals surface area contributed by atoms with Crippen LogP contribution in [0.25, 0.3) is 0 Å². The molecule has 0 unspecified atom stereocenters. The number of sulfonamides is 1. The molecule has 0 bridgehead atoms. The summed E-state index contributed by atoms with van der Waals surface area (Å²) >= 11 is 5.96. The minimum atomic E-state index is -3.74. The highest BCUT2D eigenvalue weighted by molar-refractivity contribution is 7.92. The quantitative estimate of drug-likeness (QED) is 0.878. The molecular weight excluding hydrogens is 316 g/mol. The van der Waals surface area contributed by atoms with Gasteiger partial charge in [-0.1, -0.05) is 11.6 Å². The van der Waals surface area contributed by atoms with Crippen LogP contribution in [0.1, 0.15) is 5.69 Å².